The van der Waals surface area contributed by atoms with Crippen molar-refractivity contribution in [2.75, 3.05) is 17.9 Å². The molecule has 5 saturated carbocycles. The maximum absolute atomic E-state index is 16.1. The van der Waals surface area contributed by atoms with Gasteiger partial charge < -0.3 is 35.6 Å². The summed E-state index contributed by atoms with van der Waals surface area (Å²) in [6.45, 7) is 3.66. The molecule has 7 aliphatic rings. The van der Waals surface area contributed by atoms with Crippen LogP contribution in [0.25, 0.3) is 0 Å². The van der Waals surface area contributed by atoms with Crippen molar-refractivity contribution in [2.24, 2.45) is 39.9 Å². The molecule has 5 N–H and O–H groups in total. The van der Waals surface area contributed by atoms with Crippen molar-refractivity contribution in [2.45, 2.75) is 121 Å². The number of hydrogen-bond donors (Lipinski definition) is 5. The van der Waals surface area contributed by atoms with Crippen LogP contribution >= 0.6 is 27.7 Å². The number of fused-ring (bicyclic) bond motifs is 7. The summed E-state index contributed by atoms with van der Waals surface area (Å²) in [7, 11) is 0. The van der Waals surface area contributed by atoms with Gasteiger partial charge in [0.15, 0.2) is 17.7 Å². The molecule has 17 heteroatoms. The van der Waals surface area contributed by atoms with Gasteiger partial charge in [0, 0.05) is 34.8 Å². The molecule has 1 saturated heterocycles. The SMILES string of the molecule is C[C@]12C=CC(=O)C=C1CC[C@@H]1[C@@H]2[C@@H](O)C[C@@]2(C)[C@H]1C[C@H]1O[C@@H](c3ccc(CC4CC5(C4)CC(NC(=O)[C@H](CCC(=O)O)NC(=O)CNC(=O)CBr)C5)cc3F)O[C@]12C(=O)SCF. The fraction of sp³-hybridized carbons (Fsp3) is 0.644. The molecule has 0 bridgehead atoms. The van der Waals surface area contributed by atoms with Crippen LogP contribution in [0.1, 0.15) is 95.5 Å². The Hall–Kier alpha value is -3.51. The van der Waals surface area contributed by atoms with Crippen LogP contribution in [-0.2, 0) is 44.7 Å². The average Bonchev–Trinajstić information content (AvgIpc) is 3.69. The third-order valence-corrected chi connectivity index (χ3v) is 16.8. The van der Waals surface area contributed by atoms with E-state index < -0.39 is 81.6 Å². The van der Waals surface area contributed by atoms with Gasteiger partial charge in [0.05, 0.1) is 24.1 Å². The quantitative estimate of drug-likeness (QED) is 0.155. The molecule has 6 fully saturated rings. The maximum atomic E-state index is 16.1. The number of halogens is 3. The molecule has 1 spiro atoms. The lowest BCUT2D eigenvalue weighted by molar-refractivity contribution is -0.195. The Bertz CT molecular complexity index is 2090. The number of allylic oxidation sites excluding steroid dienone is 4. The second-order valence-corrected chi connectivity index (χ2v) is 20.6. The number of benzene rings is 1. The van der Waals surface area contributed by atoms with Crippen LogP contribution < -0.4 is 16.0 Å². The monoisotopic (exact) mass is 945 g/mol. The fourth-order valence-corrected chi connectivity index (χ4v) is 13.9. The summed E-state index contributed by atoms with van der Waals surface area (Å²) in [5.41, 5.74) is -1.05. The highest BCUT2D eigenvalue weighted by Crippen LogP contribution is 2.71. The highest BCUT2D eigenvalue weighted by atomic mass is 79.9. The lowest BCUT2D eigenvalue weighted by Crippen LogP contribution is -2.62. The molecule has 336 valence electrons. The van der Waals surface area contributed by atoms with Gasteiger partial charge in [-0.25, -0.2) is 8.78 Å². The van der Waals surface area contributed by atoms with E-state index in [1.807, 2.05) is 19.1 Å². The summed E-state index contributed by atoms with van der Waals surface area (Å²) in [5.74, 6) is -3.19. The first-order chi connectivity index (χ1) is 29.4. The molecular formula is C45H54BrF2N3O10S. The summed E-state index contributed by atoms with van der Waals surface area (Å²) in [6, 6.07) is 2.79. The molecule has 1 aromatic carbocycles. The summed E-state index contributed by atoms with van der Waals surface area (Å²) >= 11 is 3.52. The number of rotatable bonds is 14. The minimum absolute atomic E-state index is 0.0102. The van der Waals surface area contributed by atoms with Gasteiger partial charge in [0.25, 0.3) is 0 Å². The molecule has 1 heterocycles. The summed E-state index contributed by atoms with van der Waals surface area (Å²) in [4.78, 5) is 74.5. The second kappa shape index (κ2) is 17.1. The number of nitrogens with one attached hydrogen (secondary N) is 3. The van der Waals surface area contributed by atoms with Crippen LogP contribution in [0.3, 0.4) is 0 Å². The normalized spacial score (nSPS) is 38.0. The van der Waals surface area contributed by atoms with Gasteiger partial charge in [-0.15, -0.1) is 0 Å². The molecule has 8 rings (SSSR count). The Kier molecular flexibility index (Phi) is 12.5. The number of ether oxygens (including phenoxy) is 2. The number of aliphatic carboxylic acids is 1. The zero-order valence-electron chi connectivity index (χ0n) is 34.8. The minimum Gasteiger partial charge on any atom is -0.481 e. The van der Waals surface area contributed by atoms with Crippen LogP contribution in [0, 0.1) is 45.7 Å². The smallest absolute Gasteiger partial charge is 0.303 e. The first-order valence-electron chi connectivity index (χ1n) is 21.6. The van der Waals surface area contributed by atoms with Gasteiger partial charge in [-0.2, -0.15) is 0 Å². The van der Waals surface area contributed by atoms with Gasteiger partial charge in [0.2, 0.25) is 22.8 Å². The standard InChI is InChI=1S/C45H54BrF2N3O10S/c1-42-10-9-27(52)13-25(42)4-6-28-30-14-34-45(41(59)62-22-47,43(30,2)19-33(53)38(28)42)61-40(60-34)29-5-3-23(12-31(29)48)11-24-15-44(16-24)17-26(18-44)50-39(58)32(7-8-37(56)57)51-36(55)21-49-35(54)20-46/h3,5,9-10,12-13,24,26,28,30,32-34,38,40,53H,4,6-8,11,14-22H2,1-2H3,(H,49,54)(H,50,58)(H,51,55)(H,56,57)/t24?,26?,28-,30-,32-,33-,34+,38+,40+,42-,43-,44?,45-/m0/s1. The van der Waals surface area contributed by atoms with Crippen molar-refractivity contribution >= 4 is 62.3 Å². The van der Waals surface area contributed by atoms with E-state index in [4.69, 9.17) is 14.6 Å². The molecule has 0 unspecified atom stereocenters. The van der Waals surface area contributed by atoms with Gasteiger partial charge in [-0.05, 0) is 111 Å². The van der Waals surface area contributed by atoms with Crippen LogP contribution in [0.5, 0.6) is 0 Å². The number of carbonyl (C=O) groups is 6. The van der Waals surface area contributed by atoms with E-state index >= 15 is 4.39 Å². The first kappa shape index (κ1) is 45.1. The zero-order chi connectivity index (χ0) is 44.4. The second-order valence-electron chi connectivity index (χ2n) is 19.2. The van der Waals surface area contributed by atoms with Crippen molar-refractivity contribution in [3.8, 4) is 0 Å². The van der Waals surface area contributed by atoms with Crippen LogP contribution in [-0.4, -0.2) is 92.6 Å². The van der Waals surface area contributed by atoms with Gasteiger partial charge >= 0.3 is 5.97 Å². The molecule has 0 aromatic heterocycles. The summed E-state index contributed by atoms with van der Waals surface area (Å²) in [5, 5.41) is 28.5. The van der Waals surface area contributed by atoms with E-state index in [2.05, 4.69) is 38.8 Å². The third-order valence-electron chi connectivity index (χ3n) is 15.6. The minimum atomic E-state index is -1.61. The molecule has 13 nitrogen and oxygen atoms in total. The van der Waals surface area contributed by atoms with Crippen LogP contribution in [0.4, 0.5) is 8.78 Å². The van der Waals surface area contributed by atoms with E-state index in [1.165, 1.54) is 6.07 Å². The average molecular weight is 947 g/mol. The summed E-state index contributed by atoms with van der Waals surface area (Å²) in [6.07, 6.45) is 7.86. The predicted molar refractivity (Wildman–Crippen MR) is 225 cm³/mol. The van der Waals surface area contributed by atoms with Gasteiger partial charge in [-0.1, -0.05) is 65.3 Å². The van der Waals surface area contributed by atoms with Crippen molar-refractivity contribution in [3.63, 3.8) is 0 Å². The molecule has 0 radical (unpaired) electrons. The zero-order valence-corrected chi connectivity index (χ0v) is 37.2. The lowest BCUT2D eigenvalue weighted by atomic mass is 9.46. The summed E-state index contributed by atoms with van der Waals surface area (Å²) < 4.78 is 43.2. The predicted octanol–water partition coefficient (Wildman–Crippen LogP) is 5.13. The number of ketones is 1. The number of aliphatic hydroxyl groups excluding tert-OH is 1. The Morgan fingerprint density at radius 2 is 1.84 bits per heavy atom. The third kappa shape index (κ3) is 7.89. The van der Waals surface area contributed by atoms with Crippen molar-refractivity contribution in [1.82, 2.24) is 16.0 Å². The molecule has 1 aliphatic heterocycles. The molecule has 62 heavy (non-hydrogen) atoms. The van der Waals surface area contributed by atoms with E-state index in [0.717, 1.165) is 43.2 Å². The van der Waals surface area contributed by atoms with Crippen molar-refractivity contribution in [1.29, 1.82) is 0 Å². The Morgan fingerprint density at radius 3 is 2.53 bits per heavy atom. The fourth-order valence-electron chi connectivity index (χ4n) is 13.0. The molecule has 1 aromatic rings. The number of carboxylic acids is 1. The van der Waals surface area contributed by atoms with E-state index in [-0.39, 0.29) is 71.7 Å². The van der Waals surface area contributed by atoms with Crippen molar-refractivity contribution in [3.05, 3.63) is 58.9 Å². The molecule has 6 aliphatic carbocycles. The Labute approximate surface area is 371 Å². The maximum Gasteiger partial charge on any atom is 0.303 e. The van der Waals surface area contributed by atoms with E-state index in [9.17, 15) is 38.3 Å². The molecule has 3 amide bonds. The van der Waals surface area contributed by atoms with Gasteiger partial charge in [-0.3, -0.25) is 28.8 Å². The first-order valence-corrected chi connectivity index (χ1v) is 23.7. The number of carboxylic acid groups (broad SMARTS) is 1. The number of aliphatic hydroxyl groups is 1. The van der Waals surface area contributed by atoms with Crippen molar-refractivity contribution < 1.29 is 57.2 Å². The van der Waals surface area contributed by atoms with E-state index in [0.29, 0.717) is 36.9 Å². The molecule has 10 atom stereocenters. The highest BCUT2D eigenvalue weighted by Gasteiger charge is 2.76. The number of thioether (sulfide) groups is 1. The number of carbonyl (C=O) groups excluding carboxylic acids is 5. The highest BCUT2D eigenvalue weighted by molar-refractivity contribution is 9.09. The molecular weight excluding hydrogens is 892 g/mol. The van der Waals surface area contributed by atoms with Crippen LogP contribution in [0.15, 0.2) is 42.0 Å². The number of hydrogen-bond acceptors (Lipinski definition) is 10. The van der Waals surface area contributed by atoms with Crippen LogP contribution in [0.2, 0.25) is 0 Å². The largest absolute Gasteiger partial charge is 0.481 e. The lowest BCUT2D eigenvalue weighted by Gasteiger charge is -2.59. The number of amides is 3. The van der Waals surface area contributed by atoms with Gasteiger partial charge in [0.1, 0.15) is 17.9 Å². The Balaban J connectivity index is 0.878. The topological polar surface area (TPSA) is 197 Å². The Morgan fingerprint density at radius 1 is 1.08 bits per heavy atom. The van der Waals surface area contributed by atoms with E-state index in [1.54, 1.807) is 18.2 Å². The number of alkyl halides is 2.